The Morgan fingerprint density at radius 1 is 0.833 bits per heavy atom. The van der Waals surface area contributed by atoms with Crippen LogP contribution in [0.15, 0.2) is 4.90 Å². The van der Waals surface area contributed by atoms with Crippen molar-refractivity contribution in [2.45, 2.75) is 4.90 Å². The fourth-order valence-electron chi connectivity index (χ4n) is 0.593. The maximum atomic E-state index is 12.9. The van der Waals surface area contributed by atoms with Crippen LogP contribution >= 0.6 is 47.4 Å². The van der Waals surface area contributed by atoms with Gasteiger partial charge < -0.3 is 0 Å². The van der Waals surface area contributed by atoms with Gasteiger partial charge in [0.05, 0.1) is 20.0 Å². The average Bonchev–Trinajstić information content (AvgIpc) is 2.08. The van der Waals surface area contributed by atoms with Gasteiger partial charge in [0.2, 0.25) is 0 Å². The van der Waals surface area contributed by atoms with Gasteiger partial charge in [-0.2, -0.15) is 0 Å². The molecule has 0 aliphatic carbocycles. The summed E-state index contributed by atoms with van der Waals surface area (Å²) in [5, 5.41) is -1.51. The SMILES string of the molecule is Fc1c(S)c(Cl)c(F)c(Cl)c1Cl. The lowest BCUT2D eigenvalue weighted by Crippen LogP contribution is -1.89. The van der Waals surface area contributed by atoms with E-state index in [4.69, 9.17) is 34.8 Å². The highest BCUT2D eigenvalue weighted by Gasteiger charge is 2.19. The van der Waals surface area contributed by atoms with E-state index < -0.39 is 26.7 Å². The standard InChI is InChI=1S/C6HCl3F2S/c7-1-2(8)5(11)6(12)3(9)4(1)10/h12H. The first-order valence-electron chi connectivity index (χ1n) is 2.67. The van der Waals surface area contributed by atoms with Crippen LogP contribution in [0.25, 0.3) is 0 Å². The molecule has 0 radical (unpaired) electrons. The third kappa shape index (κ3) is 1.51. The molecule has 12 heavy (non-hydrogen) atoms. The molecule has 0 aliphatic rings. The topological polar surface area (TPSA) is 0 Å². The van der Waals surface area contributed by atoms with E-state index in [9.17, 15) is 8.78 Å². The van der Waals surface area contributed by atoms with Crippen molar-refractivity contribution in [1.82, 2.24) is 0 Å². The van der Waals surface area contributed by atoms with Gasteiger partial charge in [-0.1, -0.05) is 34.8 Å². The Balaban J connectivity index is 3.60. The first-order chi connectivity index (χ1) is 5.46. The molecule has 0 aliphatic heterocycles. The van der Waals surface area contributed by atoms with Crippen LogP contribution < -0.4 is 0 Å². The van der Waals surface area contributed by atoms with Gasteiger partial charge in [0, 0.05) is 0 Å². The first-order valence-corrected chi connectivity index (χ1v) is 4.25. The Morgan fingerprint density at radius 2 is 1.25 bits per heavy atom. The van der Waals surface area contributed by atoms with E-state index in [2.05, 4.69) is 12.6 Å². The number of benzene rings is 1. The van der Waals surface area contributed by atoms with Gasteiger partial charge in [0.15, 0.2) is 11.6 Å². The predicted molar refractivity (Wildman–Crippen MR) is 48.6 cm³/mol. The van der Waals surface area contributed by atoms with Gasteiger partial charge in [-0.3, -0.25) is 0 Å². The number of thiol groups is 1. The number of hydrogen-bond donors (Lipinski definition) is 1. The summed E-state index contributed by atoms with van der Waals surface area (Å²) in [4.78, 5) is -0.344. The predicted octanol–water partition coefficient (Wildman–Crippen LogP) is 4.21. The summed E-state index contributed by atoms with van der Waals surface area (Å²) in [6.45, 7) is 0. The van der Waals surface area contributed by atoms with E-state index in [1.165, 1.54) is 0 Å². The highest BCUT2D eigenvalue weighted by molar-refractivity contribution is 7.80. The molecule has 0 heterocycles. The molecule has 0 saturated carbocycles. The zero-order valence-electron chi connectivity index (χ0n) is 5.34. The van der Waals surface area contributed by atoms with Gasteiger partial charge in [0.1, 0.15) is 0 Å². The van der Waals surface area contributed by atoms with Crippen LogP contribution in [0.1, 0.15) is 0 Å². The lowest BCUT2D eigenvalue weighted by molar-refractivity contribution is 0.579. The first kappa shape index (κ1) is 10.4. The fraction of sp³-hybridized carbons (Fsp3) is 0. The van der Waals surface area contributed by atoms with Gasteiger partial charge in [0.25, 0.3) is 0 Å². The van der Waals surface area contributed by atoms with Crippen molar-refractivity contribution in [3.63, 3.8) is 0 Å². The van der Waals surface area contributed by atoms with Gasteiger partial charge >= 0.3 is 0 Å². The normalized spacial score (nSPS) is 10.5. The van der Waals surface area contributed by atoms with Crippen molar-refractivity contribution in [1.29, 1.82) is 0 Å². The Kier molecular flexibility index (Phi) is 3.10. The molecule has 1 aromatic carbocycles. The summed E-state index contributed by atoms with van der Waals surface area (Å²) in [6.07, 6.45) is 0. The molecular weight excluding hydrogens is 248 g/mol. The lowest BCUT2D eigenvalue weighted by atomic mass is 10.3. The third-order valence-electron chi connectivity index (χ3n) is 1.19. The lowest BCUT2D eigenvalue weighted by Gasteiger charge is -2.04. The van der Waals surface area contributed by atoms with Crippen molar-refractivity contribution in [2.24, 2.45) is 0 Å². The summed E-state index contributed by atoms with van der Waals surface area (Å²) in [5.41, 5.74) is 0. The summed E-state index contributed by atoms with van der Waals surface area (Å²) in [5.74, 6) is -1.88. The largest absolute Gasteiger partial charge is 0.204 e. The van der Waals surface area contributed by atoms with Crippen LogP contribution in [0.2, 0.25) is 15.1 Å². The second-order valence-electron chi connectivity index (χ2n) is 1.92. The summed E-state index contributed by atoms with van der Waals surface area (Å²) >= 11 is 19.5. The van der Waals surface area contributed by atoms with E-state index in [-0.39, 0.29) is 4.90 Å². The van der Waals surface area contributed by atoms with E-state index in [0.717, 1.165) is 0 Å². The highest BCUT2D eigenvalue weighted by atomic mass is 35.5. The molecule has 0 spiro atoms. The van der Waals surface area contributed by atoms with Crippen molar-refractivity contribution >= 4 is 47.4 Å². The molecule has 0 nitrogen and oxygen atoms in total. The molecule has 0 N–H and O–H groups in total. The second kappa shape index (κ2) is 3.58. The molecule has 0 aromatic heterocycles. The second-order valence-corrected chi connectivity index (χ2v) is 3.50. The summed E-state index contributed by atoms with van der Waals surface area (Å²) in [7, 11) is 0. The Hall–Kier alpha value is 0.300. The fourth-order valence-corrected chi connectivity index (χ4v) is 1.45. The molecule has 0 amide bonds. The maximum Gasteiger partial charge on any atom is 0.163 e. The number of rotatable bonds is 0. The monoisotopic (exact) mass is 248 g/mol. The highest BCUT2D eigenvalue weighted by Crippen LogP contribution is 2.37. The average molecular weight is 249 g/mol. The van der Waals surface area contributed by atoms with E-state index in [1.807, 2.05) is 0 Å². The minimum absolute atomic E-state index is 0.344. The molecule has 6 heteroatoms. The van der Waals surface area contributed by atoms with Crippen molar-refractivity contribution in [3.05, 3.63) is 26.7 Å². The van der Waals surface area contributed by atoms with E-state index in [1.54, 1.807) is 0 Å². The maximum absolute atomic E-state index is 12.9. The zero-order valence-corrected chi connectivity index (χ0v) is 8.50. The van der Waals surface area contributed by atoms with Crippen LogP contribution in [-0.4, -0.2) is 0 Å². The molecule has 66 valence electrons. The third-order valence-corrected chi connectivity index (χ3v) is 2.90. The van der Waals surface area contributed by atoms with Gasteiger partial charge in [-0.05, 0) is 0 Å². The van der Waals surface area contributed by atoms with Gasteiger partial charge in [-0.25, -0.2) is 8.78 Å². The van der Waals surface area contributed by atoms with Crippen molar-refractivity contribution < 1.29 is 8.78 Å². The Bertz CT molecular complexity index is 235. The smallest absolute Gasteiger partial charge is 0.163 e. The van der Waals surface area contributed by atoms with E-state index in [0.29, 0.717) is 0 Å². The number of hydrogen-bond acceptors (Lipinski definition) is 1. The van der Waals surface area contributed by atoms with Crippen LogP contribution in [-0.2, 0) is 0 Å². The number of halogens is 5. The quantitative estimate of drug-likeness (QED) is 0.397. The molecule has 1 aromatic rings. The molecule has 1 rings (SSSR count). The molecule has 0 unspecified atom stereocenters. The van der Waals surface area contributed by atoms with Crippen LogP contribution in [0.5, 0.6) is 0 Å². The Labute approximate surface area is 87.8 Å². The Morgan fingerprint density at radius 3 is 1.75 bits per heavy atom. The van der Waals surface area contributed by atoms with Crippen molar-refractivity contribution in [2.75, 3.05) is 0 Å². The summed E-state index contributed by atoms with van der Waals surface area (Å²) in [6, 6.07) is 0. The molecule has 0 saturated heterocycles. The minimum atomic E-state index is -0.963. The zero-order chi connectivity index (χ0) is 9.46. The van der Waals surface area contributed by atoms with Crippen LogP contribution in [0, 0.1) is 11.6 Å². The van der Waals surface area contributed by atoms with Gasteiger partial charge in [-0.15, -0.1) is 12.6 Å². The van der Waals surface area contributed by atoms with Crippen molar-refractivity contribution in [3.8, 4) is 0 Å². The summed E-state index contributed by atoms with van der Waals surface area (Å²) < 4.78 is 25.8. The molecule has 0 atom stereocenters. The van der Waals surface area contributed by atoms with Crippen LogP contribution in [0.4, 0.5) is 8.78 Å². The minimum Gasteiger partial charge on any atom is -0.204 e. The van der Waals surface area contributed by atoms with E-state index >= 15 is 0 Å². The molecular formula is C6HCl3F2S. The molecule has 0 bridgehead atoms. The van der Waals surface area contributed by atoms with Crippen LogP contribution in [0.3, 0.4) is 0 Å². The molecule has 0 fully saturated rings.